The summed E-state index contributed by atoms with van der Waals surface area (Å²) in [4.78, 5) is 22.4. The molecule has 0 aliphatic carbocycles. The summed E-state index contributed by atoms with van der Waals surface area (Å²) in [5.41, 5.74) is 2.61. The second kappa shape index (κ2) is 7.96. The number of hydrogen-bond acceptors (Lipinski definition) is 5. The maximum atomic E-state index is 13.5. The van der Waals surface area contributed by atoms with Crippen molar-refractivity contribution < 1.29 is 23.4 Å². The summed E-state index contributed by atoms with van der Waals surface area (Å²) in [5, 5.41) is 8.74. The fraction of sp³-hybridized carbons (Fsp3) is 0.105. The summed E-state index contributed by atoms with van der Waals surface area (Å²) in [6, 6.07) is 8.64. The van der Waals surface area contributed by atoms with E-state index >= 15 is 0 Å². The molecule has 10 heteroatoms. The van der Waals surface area contributed by atoms with E-state index in [4.69, 9.17) is 14.3 Å². The molecule has 148 valence electrons. The van der Waals surface area contributed by atoms with Crippen molar-refractivity contribution in [3.63, 3.8) is 0 Å². The Hall–Kier alpha value is -2.72. The van der Waals surface area contributed by atoms with Gasteiger partial charge in [0.15, 0.2) is 18.0 Å². The molecule has 1 unspecified atom stereocenters. The lowest BCUT2D eigenvalue weighted by Gasteiger charge is -2.12. The number of alkyl halides is 1. The minimum absolute atomic E-state index is 0.239. The number of aromatic nitrogens is 3. The number of nitrogens with zero attached hydrogens (tertiary/aromatic N) is 2. The van der Waals surface area contributed by atoms with Crippen LogP contribution in [0.3, 0.4) is 0 Å². The Bertz CT molecular complexity index is 1170. The lowest BCUT2D eigenvalue weighted by molar-refractivity contribution is -0.142. The van der Waals surface area contributed by atoms with E-state index in [1.807, 2.05) is 6.07 Å². The molecule has 2 N–H and O–H groups in total. The largest absolute Gasteiger partial charge is 0.479 e. The van der Waals surface area contributed by atoms with Gasteiger partial charge in [-0.05, 0) is 61.7 Å². The van der Waals surface area contributed by atoms with Crippen molar-refractivity contribution in [2.24, 2.45) is 0 Å². The number of hydrogen-bond donors (Lipinski definition) is 2. The molecule has 4 aromatic rings. The number of rotatable bonds is 6. The van der Waals surface area contributed by atoms with Crippen molar-refractivity contribution in [2.75, 3.05) is 0 Å². The van der Waals surface area contributed by atoms with E-state index in [-0.39, 0.29) is 6.42 Å². The van der Waals surface area contributed by atoms with Gasteiger partial charge in [0, 0.05) is 12.5 Å². The second-order valence-corrected chi connectivity index (χ2v) is 7.85. The topological polar surface area (TPSA) is 101 Å². The number of aliphatic carboxylic acids is 1. The molecule has 4 rings (SSSR count). The summed E-state index contributed by atoms with van der Waals surface area (Å²) in [7, 11) is 0. The summed E-state index contributed by atoms with van der Waals surface area (Å²) >= 11 is 6.79. The number of imidazole rings is 1. The number of carboxylic acids is 1. The van der Waals surface area contributed by atoms with Gasteiger partial charge in [0.2, 0.25) is 6.17 Å². The van der Waals surface area contributed by atoms with Crippen LogP contribution >= 0.6 is 31.9 Å². The average Bonchev–Trinajstić information content (AvgIpc) is 3.33. The fourth-order valence-electron chi connectivity index (χ4n) is 2.74. The Morgan fingerprint density at radius 2 is 2.03 bits per heavy atom. The number of halogens is 3. The number of oxazole rings is 1. The highest BCUT2D eigenvalue weighted by atomic mass is 79.9. The number of H-pyrrole nitrogens is 1. The van der Waals surface area contributed by atoms with Crippen molar-refractivity contribution >= 4 is 48.9 Å². The molecule has 1 atom stereocenters. The molecule has 0 saturated carbocycles. The van der Waals surface area contributed by atoms with Gasteiger partial charge in [-0.3, -0.25) is 0 Å². The van der Waals surface area contributed by atoms with Crippen LogP contribution in [-0.4, -0.2) is 32.2 Å². The van der Waals surface area contributed by atoms with Crippen LogP contribution in [0.15, 0.2) is 56.4 Å². The molecule has 2 aromatic heterocycles. The van der Waals surface area contributed by atoms with Gasteiger partial charge in [0.1, 0.15) is 17.7 Å². The van der Waals surface area contributed by atoms with Crippen LogP contribution in [0.4, 0.5) is 4.39 Å². The van der Waals surface area contributed by atoms with Gasteiger partial charge in [-0.25, -0.2) is 19.2 Å². The zero-order valence-electron chi connectivity index (χ0n) is 14.5. The molecule has 0 aliphatic heterocycles. The van der Waals surface area contributed by atoms with Crippen molar-refractivity contribution in [3.05, 3.63) is 57.5 Å². The molecule has 0 bridgehead atoms. The quantitative estimate of drug-likeness (QED) is 0.345. The number of fused-ring (bicyclic) bond motifs is 1. The minimum atomic E-state index is -1.97. The molecule has 0 aliphatic rings. The van der Waals surface area contributed by atoms with Crippen LogP contribution in [0.1, 0.15) is 5.56 Å². The first-order valence-corrected chi connectivity index (χ1v) is 9.90. The third-order valence-corrected chi connectivity index (χ3v) is 5.27. The highest BCUT2D eigenvalue weighted by molar-refractivity contribution is 9.11. The third-order valence-electron chi connectivity index (χ3n) is 4.09. The lowest BCUT2D eigenvalue weighted by Crippen LogP contribution is -2.17. The van der Waals surface area contributed by atoms with Gasteiger partial charge in [0.25, 0.3) is 0 Å². The number of benzene rings is 2. The van der Waals surface area contributed by atoms with E-state index in [9.17, 15) is 9.18 Å². The number of nitrogens with one attached hydrogen (secondary N) is 1. The third kappa shape index (κ3) is 4.18. The highest BCUT2D eigenvalue weighted by Gasteiger charge is 2.19. The number of aromatic amines is 1. The Morgan fingerprint density at radius 1 is 1.28 bits per heavy atom. The molecular weight excluding hydrogens is 513 g/mol. The van der Waals surface area contributed by atoms with E-state index in [1.54, 1.807) is 24.3 Å². The summed E-state index contributed by atoms with van der Waals surface area (Å²) in [6.45, 7) is 0. The molecular formula is C19H12Br2FN3O4. The Morgan fingerprint density at radius 3 is 2.69 bits per heavy atom. The number of carbonyl (C=O) groups is 1. The predicted molar refractivity (Wildman–Crippen MR) is 110 cm³/mol. The Kier molecular flexibility index (Phi) is 5.37. The lowest BCUT2D eigenvalue weighted by atomic mass is 10.1. The van der Waals surface area contributed by atoms with E-state index in [0.29, 0.717) is 43.0 Å². The van der Waals surface area contributed by atoms with Crippen LogP contribution in [0.25, 0.3) is 22.6 Å². The maximum absolute atomic E-state index is 13.5. The maximum Gasteiger partial charge on any atom is 0.338 e. The molecule has 29 heavy (non-hydrogen) atoms. The van der Waals surface area contributed by atoms with Crippen LogP contribution in [-0.2, 0) is 11.2 Å². The van der Waals surface area contributed by atoms with Crippen LogP contribution < -0.4 is 4.74 Å². The van der Waals surface area contributed by atoms with Crippen LogP contribution in [0, 0.1) is 0 Å². The first kappa shape index (κ1) is 19.6. The standard InChI is InChI=1S/C19H12Br2FN3O4/c20-11-3-9(5-13(22)19(26)27)4-12(21)17(11)29-10-1-2-14-15(6-10)25-18(24-14)16-7-28-8-23-16/h1-4,6-8,13H,5H2,(H,24,25)(H,26,27). The van der Waals surface area contributed by atoms with Crippen molar-refractivity contribution in [1.82, 2.24) is 15.0 Å². The van der Waals surface area contributed by atoms with Crippen molar-refractivity contribution in [1.29, 1.82) is 0 Å². The molecule has 0 spiro atoms. The molecule has 0 saturated heterocycles. The second-order valence-electron chi connectivity index (χ2n) is 6.14. The van der Waals surface area contributed by atoms with Gasteiger partial charge in [0.05, 0.1) is 20.0 Å². The van der Waals surface area contributed by atoms with Crippen molar-refractivity contribution in [3.8, 4) is 23.0 Å². The molecule has 7 nitrogen and oxygen atoms in total. The number of carboxylic acid groups (broad SMARTS) is 1. The summed E-state index contributed by atoms with van der Waals surface area (Å²) < 4.78 is 25.6. The van der Waals surface area contributed by atoms with Gasteiger partial charge in [-0.2, -0.15) is 0 Å². The monoisotopic (exact) mass is 523 g/mol. The Labute approximate surface area is 180 Å². The summed E-state index contributed by atoms with van der Waals surface area (Å²) in [6.07, 6.45) is 0.618. The van der Waals surface area contributed by atoms with Gasteiger partial charge >= 0.3 is 5.97 Å². The average molecular weight is 525 g/mol. The highest BCUT2D eigenvalue weighted by Crippen LogP contribution is 2.38. The van der Waals surface area contributed by atoms with Gasteiger partial charge < -0.3 is 19.2 Å². The van der Waals surface area contributed by atoms with Crippen LogP contribution in [0.5, 0.6) is 11.5 Å². The summed E-state index contributed by atoms with van der Waals surface area (Å²) in [5.74, 6) is 0.108. The van der Waals surface area contributed by atoms with E-state index < -0.39 is 12.1 Å². The molecule has 0 amide bonds. The SMILES string of the molecule is O=C(O)C(F)Cc1cc(Br)c(Oc2ccc3[nH]c(-c4cocn4)nc3c2)c(Br)c1. The smallest absolute Gasteiger partial charge is 0.338 e. The fourth-order valence-corrected chi connectivity index (χ4v) is 4.18. The predicted octanol–water partition coefficient (Wildman–Crippen LogP) is 5.50. The van der Waals surface area contributed by atoms with Crippen molar-refractivity contribution in [2.45, 2.75) is 12.6 Å². The zero-order chi connectivity index (χ0) is 20.5. The van der Waals surface area contributed by atoms with Crippen LogP contribution in [0.2, 0.25) is 0 Å². The molecule has 2 heterocycles. The number of ether oxygens (including phenoxy) is 1. The first-order valence-electron chi connectivity index (χ1n) is 8.31. The Balaban J connectivity index is 1.60. The molecule has 2 aromatic carbocycles. The van der Waals surface area contributed by atoms with Gasteiger partial charge in [-0.15, -0.1) is 0 Å². The normalized spacial score (nSPS) is 12.2. The first-order chi connectivity index (χ1) is 13.9. The minimum Gasteiger partial charge on any atom is -0.479 e. The van der Waals surface area contributed by atoms with E-state index in [2.05, 4.69) is 46.8 Å². The van der Waals surface area contributed by atoms with Gasteiger partial charge in [-0.1, -0.05) is 0 Å². The zero-order valence-corrected chi connectivity index (χ0v) is 17.7. The molecule has 0 radical (unpaired) electrons. The molecule has 0 fully saturated rings. The van der Waals surface area contributed by atoms with E-state index in [1.165, 1.54) is 12.7 Å². The van der Waals surface area contributed by atoms with E-state index in [0.717, 1.165) is 5.52 Å².